The molecule has 0 unspecified atom stereocenters. The zero-order valence-electron chi connectivity index (χ0n) is 11.0. The fourth-order valence-corrected chi connectivity index (χ4v) is 1.68. The number of hydrogen-bond donors (Lipinski definition) is 1. The first-order valence-corrected chi connectivity index (χ1v) is 6.40. The van der Waals surface area contributed by atoms with Crippen LogP contribution in [0.15, 0.2) is 47.1 Å². The van der Waals surface area contributed by atoms with E-state index >= 15 is 0 Å². The molecule has 0 spiro atoms. The van der Waals surface area contributed by atoms with Crippen LogP contribution in [0.1, 0.15) is 22.5 Å². The summed E-state index contributed by atoms with van der Waals surface area (Å²) < 4.78 is 23.8. The molecule has 0 bridgehead atoms. The maximum Gasteiger partial charge on any atom is 0.254 e. The molecule has 1 N–H and O–H groups in total. The summed E-state index contributed by atoms with van der Waals surface area (Å²) in [7, 11) is 0. The average molecular weight is 277 g/mol. The Morgan fingerprint density at radius 3 is 2.85 bits per heavy atom. The first kappa shape index (κ1) is 14.3. The predicted molar refractivity (Wildman–Crippen MR) is 71.7 cm³/mol. The minimum Gasteiger partial charge on any atom is -0.467 e. The van der Waals surface area contributed by atoms with E-state index in [1.807, 2.05) is 6.07 Å². The highest BCUT2D eigenvalue weighted by atomic mass is 19.1. The number of carbonyl (C=O) groups is 1. The van der Waals surface area contributed by atoms with Gasteiger partial charge in [0.15, 0.2) is 0 Å². The van der Waals surface area contributed by atoms with E-state index in [2.05, 4.69) is 5.32 Å². The second-order valence-corrected chi connectivity index (χ2v) is 4.22. The van der Waals surface area contributed by atoms with Gasteiger partial charge in [-0.3, -0.25) is 4.79 Å². The lowest BCUT2D eigenvalue weighted by Gasteiger charge is -2.06. The molecule has 1 heterocycles. The third-order valence-corrected chi connectivity index (χ3v) is 2.69. The van der Waals surface area contributed by atoms with Crippen LogP contribution >= 0.6 is 0 Å². The van der Waals surface area contributed by atoms with Crippen molar-refractivity contribution in [3.63, 3.8) is 0 Å². The van der Waals surface area contributed by atoms with Crippen LogP contribution in [0.3, 0.4) is 0 Å². The highest BCUT2D eigenvalue weighted by molar-refractivity contribution is 5.94. The molecule has 5 heteroatoms. The van der Waals surface area contributed by atoms with Gasteiger partial charge in [0.1, 0.15) is 18.2 Å². The molecule has 20 heavy (non-hydrogen) atoms. The topological polar surface area (TPSA) is 51.5 Å². The molecule has 0 aliphatic rings. The van der Waals surface area contributed by atoms with Gasteiger partial charge >= 0.3 is 0 Å². The van der Waals surface area contributed by atoms with Crippen molar-refractivity contribution in [2.24, 2.45) is 0 Å². The van der Waals surface area contributed by atoms with Gasteiger partial charge in [-0.25, -0.2) is 4.39 Å². The number of nitrogens with one attached hydrogen (secondary N) is 1. The summed E-state index contributed by atoms with van der Waals surface area (Å²) in [5, 5.41) is 2.65. The number of ether oxygens (including phenoxy) is 1. The molecule has 0 saturated heterocycles. The molecule has 0 radical (unpaired) electrons. The summed E-state index contributed by atoms with van der Waals surface area (Å²) >= 11 is 0. The first-order valence-electron chi connectivity index (χ1n) is 6.40. The molecular weight excluding hydrogens is 261 g/mol. The summed E-state index contributed by atoms with van der Waals surface area (Å²) in [6.45, 7) is 1.35. The van der Waals surface area contributed by atoms with Gasteiger partial charge in [0.25, 0.3) is 5.91 Å². The summed E-state index contributed by atoms with van der Waals surface area (Å²) in [4.78, 5) is 11.7. The Kier molecular flexibility index (Phi) is 5.32. The molecule has 1 amide bonds. The lowest BCUT2D eigenvalue weighted by molar-refractivity contribution is 0.0914. The van der Waals surface area contributed by atoms with Crippen molar-refractivity contribution >= 4 is 5.91 Å². The Hall–Kier alpha value is -2.14. The third kappa shape index (κ3) is 4.20. The van der Waals surface area contributed by atoms with Crippen molar-refractivity contribution < 1.29 is 18.3 Å². The molecule has 0 aliphatic carbocycles. The molecule has 106 valence electrons. The molecule has 1 aromatic heterocycles. The van der Waals surface area contributed by atoms with E-state index in [4.69, 9.17) is 9.15 Å². The van der Waals surface area contributed by atoms with Crippen molar-refractivity contribution in [2.45, 2.75) is 13.0 Å². The Balaban J connectivity index is 1.61. The van der Waals surface area contributed by atoms with E-state index in [1.165, 1.54) is 12.1 Å². The molecule has 2 rings (SSSR count). The molecule has 1 aromatic carbocycles. The van der Waals surface area contributed by atoms with Crippen LogP contribution < -0.4 is 5.32 Å². The number of carbonyl (C=O) groups excluding carboxylic acids is 1. The standard InChI is InChI=1S/C15H16FNO3/c16-14-7-2-1-6-13(14)15(18)17-8-4-9-19-11-12-5-3-10-20-12/h1-3,5-7,10H,4,8-9,11H2,(H,17,18). The summed E-state index contributed by atoms with van der Waals surface area (Å²) in [6.07, 6.45) is 2.24. The van der Waals surface area contributed by atoms with Crippen molar-refractivity contribution in [3.05, 3.63) is 59.8 Å². The Morgan fingerprint density at radius 1 is 1.25 bits per heavy atom. The van der Waals surface area contributed by atoms with Crippen LogP contribution in [0.5, 0.6) is 0 Å². The molecule has 0 aliphatic heterocycles. The Labute approximate surface area is 116 Å². The highest BCUT2D eigenvalue weighted by Crippen LogP contribution is 2.05. The summed E-state index contributed by atoms with van der Waals surface area (Å²) in [6, 6.07) is 9.53. The van der Waals surface area contributed by atoms with Gasteiger partial charge < -0.3 is 14.5 Å². The minimum absolute atomic E-state index is 0.0593. The number of hydrogen-bond acceptors (Lipinski definition) is 3. The van der Waals surface area contributed by atoms with Gasteiger partial charge in [-0.05, 0) is 30.7 Å². The van der Waals surface area contributed by atoms with E-state index < -0.39 is 11.7 Å². The van der Waals surface area contributed by atoms with E-state index in [0.717, 1.165) is 5.76 Å². The Bertz CT molecular complexity index is 540. The second-order valence-electron chi connectivity index (χ2n) is 4.22. The summed E-state index contributed by atoms with van der Waals surface area (Å²) in [5.74, 6) is -0.159. The molecule has 0 fully saturated rings. The highest BCUT2D eigenvalue weighted by Gasteiger charge is 2.09. The van der Waals surface area contributed by atoms with Crippen LogP contribution in [-0.4, -0.2) is 19.1 Å². The fourth-order valence-electron chi connectivity index (χ4n) is 1.68. The first-order chi connectivity index (χ1) is 9.77. The van der Waals surface area contributed by atoms with Crippen molar-refractivity contribution in [3.8, 4) is 0 Å². The number of amides is 1. The van der Waals surface area contributed by atoms with Crippen LogP contribution in [0.25, 0.3) is 0 Å². The average Bonchev–Trinajstić information content (AvgIpc) is 2.96. The molecule has 2 aromatic rings. The largest absolute Gasteiger partial charge is 0.467 e. The smallest absolute Gasteiger partial charge is 0.254 e. The quantitative estimate of drug-likeness (QED) is 0.792. The zero-order valence-corrected chi connectivity index (χ0v) is 11.0. The summed E-state index contributed by atoms with van der Waals surface area (Å²) in [5.41, 5.74) is 0.0593. The van der Waals surface area contributed by atoms with Crippen molar-refractivity contribution in [1.29, 1.82) is 0 Å². The van der Waals surface area contributed by atoms with E-state index in [1.54, 1.807) is 24.5 Å². The minimum atomic E-state index is -0.515. The number of rotatable bonds is 7. The second kappa shape index (κ2) is 7.45. The lowest BCUT2D eigenvalue weighted by atomic mass is 10.2. The van der Waals surface area contributed by atoms with Gasteiger partial charge in [0.05, 0.1) is 11.8 Å². The number of halogens is 1. The van der Waals surface area contributed by atoms with Gasteiger partial charge in [-0.2, -0.15) is 0 Å². The fraction of sp³-hybridized carbons (Fsp3) is 0.267. The zero-order chi connectivity index (χ0) is 14.2. The maximum absolute atomic E-state index is 13.3. The third-order valence-electron chi connectivity index (χ3n) is 2.69. The predicted octanol–water partition coefficient (Wildman–Crippen LogP) is 2.76. The van der Waals surface area contributed by atoms with Crippen LogP contribution in [0.2, 0.25) is 0 Å². The molecular formula is C15H16FNO3. The van der Waals surface area contributed by atoms with Crippen LogP contribution in [-0.2, 0) is 11.3 Å². The van der Waals surface area contributed by atoms with Crippen LogP contribution in [0.4, 0.5) is 4.39 Å². The normalized spacial score (nSPS) is 10.4. The van der Waals surface area contributed by atoms with Gasteiger partial charge in [0.2, 0.25) is 0 Å². The van der Waals surface area contributed by atoms with Gasteiger partial charge in [-0.1, -0.05) is 12.1 Å². The molecule has 4 nitrogen and oxygen atoms in total. The van der Waals surface area contributed by atoms with E-state index in [9.17, 15) is 9.18 Å². The Morgan fingerprint density at radius 2 is 2.10 bits per heavy atom. The van der Waals surface area contributed by atoms with Gasteiger partial charge in [0, 0.05) is 13.2 Å². The molecule has 0 saturated carbocycles. The van der Waals surface area contributed by atoms with E-state index in [-0.39, 0.29) is 5.56 Å². The lowest BCUT2D eigenvalue weighted by Crippen LogP contribution is -2.26. The number of furan rings is 1. The van der Waals surface area contributed by atoms with E-state index in [0.29, 0.717) is 26.2 Å². The van der Waals surface area contributed by atoms with Crippen LogP contribution in [0, 0.1) is 5.82 Å². The van der Waals surface area contributed by atoms with Gasteiger partial charge in [-0.15, -0.1) is 0 Å². The van der Waals surface area contributed by atoms with Crippen molar-refractivity contribution in [2.75, 3.05) is 13.2 Å². The monoisotopic (exact) mass is 277 g/mol. The maximum atomic E-state index is 13.3. The molecule has 0 atom stereocenters. The van der Waals surface area contributed by atoms with Crippen molar-refractivity contribution in [1.82, 2.24) is 5.32 Å². The SMILES string of the molecule is O=C(NCCCOCc1ccco1)c1ccccc1F. The number of benzene rings is 1.